The summed E-state index contributed by atoms with van der Waals surface area (Å²) in [4.78, 5) is 39.6. The SMILES string of the molecule is COc1ccc(Cl)cc1CC1CCC(=O)CN(C(=O)C[C@@H](C)c2ccccc2)C1=O. The Balaban J connectivity index is 1.78. The molecule has 2 amide bonds. The fourth-order valence-electron chi connectivity index (χ4n) is 3.86. The summed E-state index contributed by atoms with van der Waals surface area (Å²) in [5, 5.41) is 0.549. The van der Waals surface area contributed by atoms with E-state index in [0.717, 1.165) is 16.0 Å². The average molecular weight is 428 g/mol. The van der Waals surface area contributed by atoms with Gasteiger partial charge in [0.05, 0.1) is 13.7 Å². The fourth-order valence-corrected chi connectivity index (χ4v) is 4.05. The van der Waals surface area contributed by atoms with Gasteiger partial charge < -0.3 is 4.74 Å². The second-order valence-corrected chi connectivity index (χ2v) is 8.20. The summed E-state index contributed by atoms with van der Waals surface area (Å²) in [5.41, 5.74) is 1.82. The van der Waals surface area contributed by atoms with E-state index in [1.807, 2.05) is 37.3 Å². The van der Waals surface area contributed by atoms with Crippen LogP contribution in [0.25, 0.3) is 0 Å². The van der Waals surface area contributed by atoms with Crippen LogP contribution in [0.3, 0.4) is 0 Å². The number of nitrogens with zero attached hydrogens (tertiary/aromatic N) is 1. The molecular formula is C24H26ClNO4. The van der Waals surface area contributed by atoms with Gasteiger partial charge in [0.25, 0.3) is 0 Å². The maximum atomic E-state index is 13.2. The van der Waals surface area contributed by atoms with Gasteiger partial charge in [-0.05, 0) is 48.1 Å². The van der Waals surface area contributed by atoms with E-state index in [1.165, 1.54) is 0 Å². The first-order valence-electron chi connectivity index (χ1n) is 10.1. The summed E-state index contributed by atoms with van der Waals surface area (Å²) in [6, 6.07) is 14.9. The molecule has 6 heteroatoms. The molecule has 1 saturated heterocycles. The minimum atomic E-state index is -0.472. The molecule has 1 fully saturated rings. The molecule has 0 aromatic heterocycles. The van der Waals surface area contributed by atoms with Crippen LogP contribution in [-0.2, 0) is 20.8 Å². The molecule has 0 spiro atoms. The summed E-state index contributed by atoms with van der Waals surface area (Å²) in [5.74, 6) is -0.582. The van der Waals surface area contributed by atoms with Crippen molar-refractivity contribution in [3.05, 3.63) is 64.7 Å². The standard InChI is InChI=1S/C24H26ClNO4/c1-16(17-6-4-3-5-7-17)12-23(28)26-15-21(27)10-8-18(24(26)29)13-19-14-20(25)9-11-22(19)30-2/h3-7,9,11,14,16,18H,8,10,12-13,15H2,1-2H3/t16-,18?/m1/s1. The molecule has 158 valence electrons. The number of hydrogen-bond acceptors (Lipinski definition) is 4. The number of ether oxygens (including phenoxy) is 1. The molecule has 2 atom stereocenters. The Hall–Kier alpha value is -2.66. The summed E-state index contributed by atoms with van der Waals surface area (Å²) in [6.07, 6.45) is 1.23. The monoisotopic (exact) mass is 427 g/mol. The number of methoxy groups -OCH3 is 1. The molecule has 2 aromatic carbocycles. The van der Waals surface area contributed by atoms with Crippen LogP contribution >= 0.6 is 11.6 Å². The molecule has 3 rings (SSSR count). The number of hydrogen-bond donors (Lipinski definition) is 0. The highest BCUT2D eigenvalue weighted by molar-refractivity contribution is 6.30. The Kier molecular flexibility index (Phi) is 7.27. The van der Waals surface area contributed by atoms with Gasteiger partial charge in [-0.15, -0.1) is 0 Å². The molecule has 1 heterocycles. The van der Waals surface area contributed by atoms with Gasteiger partial charge in [0.2, 0.25) is 11.8 Å². The van der Waals surface area contributed by atoms with Gasteiger partial charge in [-0.1, -0.05) is 48.9 Å². The van der Waals surface area contributed by atoms with Gasteiger partial charge in [0, 0.05) is 23.8 Å². The summed E-state index contributed by atoms with van der Waals surface area (Å²) in [6.45, 7) is 1.80. The molecule has 0 bridgehead atoms. The zero-order valence-electron chi connectivity index (χ0n) is 17.3. The van der Waals surface area contributed by atoms with E-state index in [4.69, 9.17) is 16.3 Å². The van der Waals surface area contributed by atoms with Crippen LogP contribution in [0.15, 0.2) is 48.5 Å². The highest BCUT2D eigenvalue weighted by atomic mass is 35.5. The van der Waals surface area contributed by atoms with Crippen molar-refractivity contribution in [3.8, 4) is 5.75 Å². The highest BCUT2D eigenvalue weighted by Crippen LogP contribution is 2.29. The van der Waals surface area contributed by atoms with Crippen LogP contribution in [0.5, 0.6) is 5.75 Å². The summed E-state index contributed by atoms with van der Waals surface area (Å²) in [7, 11) is 1.56. The number of rotatable bonds is 6. The van der Waals surface area contributed by atoms with Crippen molar-refractivity contribution in [1.82, 2.24) is 4.90 Å². The second kappa shape index (κ2) is 9.90. The number of ketones is 1. The third kappa shape index (κ3) is 5.28. The van der Waals surface area contributed by atoms with E-state index < -0.39 is 5.92 Å². The lowest BCUT2D eigenvalue weighted by Crippen LogP contribution is -2.42. The van der Waals surface area contributed by atoms with E-state index in [0.29, 0.717) is 23.6 Å². The lowest BCUT2D eigenvalue weighted by molar-refractivity contribution is -0.148. The predicted octanol–water partition coefficient (Wildman–Crippen LogP) is 4.42. The largest absolute Gasteiger partial charge is 0.496 e. The number of imide groups is 1. The molecule has 30 heavy (non-hydrogen) atoms. The van der Waals surface area contributed by atoms with Crippen molar-refractivity contribution >= 4 is 29.2 Å². The van der Waals surface area contributed by atoms with Gasteiger partial charge in [0.1, 0.15) is 5.75 Å². The molecule has 0 N–H and O–H groups in total. The molecule has 2 aromatic rings. The van der Waals surface area contributed by atoms with Crippen LogP contribution < -0.4 is 4.74 Å². The highest BCUT2D eigenvalue weighted by Gasteiger charge is 2.34. The number of amides is 2. The first-order valence-corrected chi connectivity index (χ1v) is 10.5. The van der Waals surface area contributed by atoms with Crippen LogP contribution in [0, 0.1) is 5.92 Å². The van der Waals surface area contributed by atoms with E-state index in [-0.39, 0.29) is 42.9 Å². The number of carbonyl (C=O) groups is 3. The van der Waals surface area contributed by atoms with Crippen molar-refractivity contribution < 1.29 is 19.1 Å². The van der Waals surface area contributed by atoms with E-state index >= 15 is 0 Å². The lowest BCUT2D eigenvalue weighted by Gasteiger charge is -2.24. The molecule has 0 aliphatic carbocycles. The Bertz CT molecular complexity index is 928. The van der Waals surface area contributed by atoms with Gasteiger partial charge in [-0.2, -0.15) is 0 Å². The number of likely N-dealkylation sites (tertiary alicyclic amines) is 1. The maximum Gasteiger partial charge on any atom is 0.233 e. The van der Waals surface area contributed by atoms with Crippen molar-refractivity contribution in [2.24, 2.45) is 5.92 Å². The minimum absolute atomic E-state index is 0.0451. The third-order valence-electron chi connectivity index (χ3n) is 5.58. The van der Waals surface area contributed by atoms with Crippen molar-refractivity contribution in [1.29, 1.82) is 0 Å². The fraction of sp³-hybridized carbons (Fsp3) is 0.375. The molecule has 0 saturated carbocycles. The molecule has 1 aliphatic rings. The van der Waals surface area contributed by atoms with Crippen LogP contribution in [0.1, 0.15) is 43.2 Å². The molecule has 1 aliphatic heterocycles. The third-order valence-corrected chi connectivity index (χ3v) is 5.82. The zero-order valence-corrected chi connectivity index (χ0v) is 18.0. The number of halogens is 1. The Labute approximate surface area is 182 Å². The number of carbonyl (C=O) groups excluding carboxylic acids is 3. The smallest absolute Gasteiger partial charge is 0.233 e. The van der Waals surface area contributed by atoms with E-state index in [2.05, 4.69) is 0 Å². The van der Waals surface area contributed by atoms with E-state index in [1.54, 1.807) is 25.3 Å². The Morgan fingerprint density at radius 3 is 2.63 bits per heavy atom. The zero-order chi connectivity index (χ0) is 21.7. The number of Topliss-reactive ketones (excluding diaryl/α,β-unsaturated/α-hetero) is 1. The predicted molar refractivity (Wildman–Crippen MR) is 116 cm³/mol. The molecule has 5 nitrogen and oxygen atoms in total. The van der Waals surface area contributed by atoms with E-state index in [9.17, 15) is 14.4 Å². The Morgan fingerprint density at radius 1 is 1.20 bits per heavy atom. The maximum absolute atomic E-state index is 13.2. The van der Waals surface area contributed by atoms with Crippen LogP contribution in [0.2, 0.25) is 5.02 Å². The number of benzene rings is 2. The van der Waals surface area contributed by atoms with Gasteiger partial charge in [0.15, 0.2) is 5.78 Å². The van der Waals surface area contributed by atoms with Crippen molar-refractivity contribution in [3.63, 3.8) is 0 Å². The average Bonchev–Trinajstić information content (AvgIpc) is 2.88. The first kappa shape index (κ1) is 22.0. The molecule has 0 radical (unpaired) electrons. The topological polar surface area (TPSA) is 63.7 Å². The van der Waals surface area contributed by atoms with Gasteiger partial charge in [-0.25, -0.2) is 0 Å². The first-order chi connectivity index (χ1) is 14.4. The van der Waals surface area contributed by atoms with Crippen LogP contribution in [0.4, 0.5) is 0 Å². The van der Waals surface area contributed by atoms with Gasteiger partial charge in [-0.3, -0.25) is 19.3 Å². The van der Waals surface area contributed by atoms with Crippen molar-refractivity contribution in [2.75, 3.05) is 13.7 Å². The normalized spacial score (nSPS) is 18.1. The minimum Gasteiger partial charge on any atom is -0.496 e. The second-order valence-electron chi connectivity index (χ2n) is 7.77. The molecular weight excluding hydrogens is 402 g/mol. The van der Waals surface area contributed by atoms with Crippen molar-refractivity contribution in [2.45, 2.75) is 38.5 Å². The summed E-state index contributed by atoms with van der Waals surface area (Å²) < 4.78 is 5.39. The Morgan fingerprint density at radius 2 is 1.93 bits per heavy atom. The summed E-state index contributed by atoms with van der Waals surface area (Å²) >= 11 is 6.12. The lowest BCUT2D eigenvalue weighted by atomic mass is 9.93. The van der Waals surface area contributed by atoms with Crippen LogP contribution in [-0.4, -0.2) is 36.2 Å². The quantitative estimate of drug-likeness (QED) is 0.684. The van der Waals surface area contributed by atoms with Gasteiger partial charge >= 0.3 is 0 Å². The molecule has 1 unspecified atom stereocenters.